The Balaban J connectivity index is 0.000000370. The predicted molar refractivity (Wildman–Crippen MR) is 88.8 cm³/mol. The number of aromatic carboxylic acids is 1. The fourth-order valence-electron chi connectivity index (χ4n) is 2.01. The molecule has 0 radical (unpaired) electrons. The van der Waals surface area contributed by atoms with Crippen LogP contribution >= 0.6 is 0 Å². The van der Waals surface area contributed by atoms with Crippen LogP contribution in [0.15, 0.2) is 40.0 Å². The molecular formula is C16H12F3N3O7. The van der Waals surface area contributed by atoms with E-state index in [1.807, 2.05) is 0 Å². The molecule has 1 aromatic carbocycles. The van der Waals surface area contributed by atoms with Crippen LogP contribution in [-0.2, 0) is 11.3 Å². The van der Waals surface area contributed by atoms with E-state index in [0.717, 1.165) is 6.26 Å². The van der Waals surface area contributed by atoms with Crippen molar-refractivity contribution in [3.8, 4) is 5.75 Å². The minimum Gasteiger partial charge on any atom is -0.497 e. The van der Waals surface area contributed by atoms with E-state index in [0.29, 0.717) is 16.7 Å². The molecule has 0 unspecified atom stereocenters. The Morgan fingerprint density at radius 3 is 2.45 bits per heavy atom. The number of ether oxygens (including phenoxy) is 1. The molecular weight excluding hydrogens is 403 g/mol. The van der Waals surface area contributed by atoms with Crippen molar-refractivity contribution in [3.63, 3.8) is 0 Å². The third-order valence-electron chi connectivity index (χ3n) is 3.35. The molecule has 29 heavy (non-hydrogen) atoms. The van der Waals surface area contributed by atoms with Crippen molar-refractivity contribution < 1.29 is 42.1 Å². The van der Waals surface area contributed by atoms with Crippen LogP contribution in [0.4, 0.5) is 13.2 Å². The number of hydrogen-bond donors (Lipinski definition) is 2. The molecule has 0 aliphatic heterocycles. The van der Waals surface area contributed by atoms with Crippen LogP contribution in [0.1, 0.15) is 16.4 Å². The number of hydrogen-bond acceptors (Lipinski definition) is 7. The number of aliphatic carboxylic acids is 1. The third-order valence-corrected chi connectivity index (χ3v) is 3.35. The molecule has 13 heteroatoms. The Hall–Kier alpha value is -3.90. The smallest absolute Gasteiger partial charge is 0.490 e. The zero-order valence-electron chi connectivity index (χ0n) is 14.5. The molecule has 0 aliphatic carbocycles. The van der Waals surface area contributed by atoms with Crippen LogP contribution in [0.2, 0.25) is 0 Å². The molecule has 2 aromatic heterocycles. The normalized spacial score (nSPS) is 10.9. The first-order chi connectivity index (χ1) is 13.5. The Kier molecular flexibility index (Phi) is 6.21. The van der Waals surface area contributed by atoms with Gasteiger partial charge in [-0.1, -0.05) is 0 Å². The van der Waals surface area contributed by atoms with Gasteiger partial charge in [-0.2, -0.15) is 13.2 Å². The summed E-state index contributed by atoms with van der Waals surface area (Å²) in [4.78, 5) is 40.0. The minimum atomic E-state index is -5.08. The van der Waals surface area contributed by atoms with Crippen LogP contribution in [0.5, 0.6) is 5.75 Å². The second-order valence-corrected chi connectivity index (χ2v) is 5.30. The average Bonchev–Trinajstić information content (AvgIpc) is 3.12. The molecule has 10 nitrogen and oxygen atoms in total. The van der Waals surface area contributed by atoms with Crippen molar-refractivity contribution in [2.24, 2.45) is 0 Å². The van der Waals surface area contributed by atoms with Gasteiger partial charge in [-0.05, 0) is 18.2 Å². The van der Waals surface area contributed by atoms with Gasteiger partial charge >= 0.3 is 18.1 Å². The standard InChI is InChI=1S/C14H11N3O5.C2HF3O2/c1-21-8-2-3-10-9(4-8)13(18)17(7-15-10)5-12-16-11(6-22-12)14(19)20;3-2(4,5)1(6)7/h2-4,6-7H,5H2,1H3,(H,19,20);(H,6,7). The number of carboxylic acid groups (broad SMARTS) is 2. The lowest BCUT2D eigenvalue weighted by Crippen LogP contribution is -2.21. The molecule has 154 valence electrons. The van der Waals surface area contributed by atoms with Gasteiger partial charge in [-0.15, -0.1) is 0 Å². The van der Waals surface area contributed by atoms with E-state index >= 15 is 0 Å². The van der Waals surface area contributed by atoms with Gasteiger partial charge in [0.25, 0.3) is 5.56 Å². The Bertz CT molecular complexity index is 1110. The highest BCUT2D eigenvalue weighted by molar-refractivity contribution is 5.84. The fraction of sp³-hybridized carbons (Fsp3) is 0.188. The van der Waals surface area contributed by atoms with Gasteiger partial charge in [0.2, 0.25) is 5.89 Å². The highest BCUT2D eigenvalue weighted by Crippen LogP contribution is 2.16. The predicted octanol–water partition coefficient (Wildman–Crippen LogP) is 1.77. The summed E-state index contributed by atoms with van der Waals surface area (Å²) in [5, 5.41) is 16.3. The zero-order valence-corrected chi connectivity index (χ0v) is 14.5. The van der Waals surface area contributed by atoms with Gasteiger partial charge in [0.1, 0.15) is 18.6 Å². The summed E-state index contributed by atoms with van der Waals surface area (Å²) in [6.45, 7) is -0.00768. The van der Waals surface area contributed by atoms with Crippen LogP contribution < -0.4 is 10.3 Å². The molecule has 0 bridgehead atoms. The Morgan fingerprint density at radius 1 is 1.28 bits per heavy atom. The largest absolute Gasteiger partial charge is 0.497 e. The maximum absolute atomic E-state index is 12.4. The first kappa shape index (κ1) is 21.4. The van der Waals surface area contributed by atoms with E-state index in [9.17, 15) is 22.8 Å². The molecule has 0 saturated heterocycles. The maximum Gasteiger partial charge on any atom is 0.490 e. The monoisotopic (exact) mass is 415 g/mol. The number of aromatic nitrogens is 3. The summed E-state index contributed by atoms with van der Waals surface area (Å²) < 4.78 is 43.2. The van der Waals surface area contributed by atoms with Crippen molar-refractivity contribution in [2.75, 3.05) is 7.11 Å². The molecule has 0 saturated carbocycles. The van der Waals surface area contributed by atoms with Crippen molar-refractivity contribution >= 4 is 22.8 Å². The van der Waals surface area contributed by atoms with E-state index < -0.39 is 18.1 Å². The molecule has 0 amide bonds. The Labute approximate surface area is 158 Å². The number of carbonyl (C=O) groups is 2. The summed E-state index contributed by atoms with van der Waals surface area (Å²) in [7, 11) is 1.51. The van der Waals surface area contributed by atoms with Crippen molar-refractivity contribution in [3.05, 3.63) is 52.7 Å². The Morgan fingerprint density at radius 2 is 1.93 bits per heavy atom. The summed E-state index contributed by atoms with van der Waals surface area (Å²) in [5.41, 5.74) is 0.0399. The quantitative estimate of drug-likeness (QED) is 0.651. The highest BCUT2D eigenvalue weighted by Gasteiger charge is 2.38. The molecule has 3 rings (SSSR count). The lowest BCUT2D eigenvalue weighted by atomic mass is 10.2. The molecule has 0 fully saturated rings. The van der Waals surface area contributed by atoms with Crippen molar-refractivity contribution in [1.29, 1.82) is 0 Å². The van der Waals surface area contributed by atoms with Crippen LogP contribution in [0.25, 0.3) is 10.9 Å². The SMILES string of the molecule is COc1ccc2ncn(Cc3nc(C(=O)O)co3)c(=O)c2c1.O=C(O)C(F)(F)F. The van der Waals surface area contributed by atoms with E-state index in [1.54, 1.807) is 18.2 Å². The molecule has 2 N–H and O–H groups in total. The number of oxazole rings is 1. The first-order valence-corrected chi connectivity index (χ1v) is 7.54. The third kappa shape index (κ3) is 5.31. The molecule has 0 atom stereocenters. The van der Waals surface area contributed by atoms with E-state index in [4.69, 9.17) is 24.2 Å². The number of alkyl halides is 3. The molecule has 0 aliphatic rings. The topological polar surface area (TPSA) is 145 Å². The number of halogens is 3. The van der Waals surface area contributed by atoms with E-state index in [1.165, 1.54) is 18.0 Å². The van der Waals surface area contributed by atoms with Gasteiger partial charge in [0, 0.05) is 0 Å². The van der Waals surface area contributed by atoms with Gasteiger partial charge in [0.05, 0.1) is 24.3 Å². The average molecular weight is 415 g/mol. The fourth-order valence-corrected chi connectivity index (χ4v) is 2.01. The molecule has 2 heterocycles. The zero-order chi connectivity index (χ0) is 21.8. The lowest BCUT2D eigenvalue weighted by molar-refractivity contribution is -0.192. The number of rotatable bonds is 4. The maximum atomic E-state index is 12.4. The van der Waals surface area contributed by atoms with Crippen LogP contribution in [-0.4, -0.2) is 50.0 Å². The van der Waals surface area contributed by atoms with Gasteiger partial charge in [-0.25, -0.2) is 19.6 Å². The van der Waals surface area contributed by atoms with Gasteiger partial charge in [-0.3, -0.25) is 9.36 Å². The summed E-state index contributed by atoms with van der Waals surface area (Å²) in [6, 6.07) is 5.00. The second kappa shape index (κ2) is 8.41. The van der Waals surface area contributed by atoms with Gasteiger partial charge < -0.3 is 19.4 Å². The molecule has 0 spiro atoms. The first-order valence-electron chi connectivity index (χ1n) is 7.54. The van der Waals surface area contributed by atoms with Gasteiger partial charge in [0.15, 0.2) is 5.69 Å². The summed E-state index contributed by atoms with van der Waals surface area (Å²) in [6.07, 6.45) is -2.69. The number of methoxy groups -OCH3 is 1. The summed E-state index contributed by atoms with van der Waals surface area (Å²) >= 11 is 0. The van der Waals surface area contributed by atoms with E-state index in [2.05, 4.69) is 9.97 Å². The summed E-state index contributed by atoms with van der Waals surface area (Å²) in [5.74, 6) is -3.28. The number of nitrogens with zero attached hydrogens (tertiary/aromatic N) is 3. The molecule has 3 aromatic rings. The number of fused-ring (bicyclic) bond motifs is 1. The van der Waals surface area contributed by atoms with E-state index in [-0.39, 0.29) is 23.7 Å². The van der Waals surface area contributed by atoms with Crippen LogP contribution in [0, 0.1) is 0 Å². The number of benzene rings is 1. The lowest BCUT2D eigenvalue weighted by Gasteiger charge is -2.05. The van der Waals surface area contributed by atoms with Crippen LogP contribution in [0.3, 0.4) is 0 Å². The van der Waals surface area contributed by atoms with Crippen molar-refractivity contribution in [1.82, 2.24) is 14.5 Å². The minimum absolute atomic E-state index is 0.00768. The highest BCUT2D eigenvalue weighted by atomic mass is 19.4. The van der Waals surface area contributed by atoms with Crippen molar-refractivity contribution in [2.45, 2.75) is 12.7 Å². The second-order valence-electron chi connectivity index (χ2n) is 5.30. The number of carboxylic acids is 2.